The van der Waals surface area contributed by atoms with Crippen molar-refractivity contribution in [2.24, 2.45) is 0 Å². The molecule has 3 aromatic rings. The molecule has 13 heteroatoms. The maximum absolute atomic E-state index is 13.6. The highest BCUT2D eigenvalue weighted by Crippen LogP contribution is 2.35. The molecule has 0 saturated heterocycles. The van der Waals surface area contributed by atoms with Crippen LogP contribution < -0.4 is 14.8 Å². The van der Waals surface area contributed by atoms with E-state index >= 15 is 0 Å². The fourth-order valence-electron chi connectivity index (χ4n) is 3.32. The third-order valence-electron chi connectivity index (χ3n) is 5.38. The number of hydrogen-bond acceptors (Lipinski definition) is 7. The SMILES string of the molecule is CC[C@@H](C)NS(=O)(=O)c1cc([N+](=O)[O-])ccc1Oc1c(C)c(C(=O)NC(C)C)nn1-c1ccc(F)cc1. The summed E-state index contributed by atoms with van der Waals surface area (Å²) in [4.78, 5) is 23.0. The van der Waals surface area contributed by atoms with E-state index < -0.39 is 43.3 Å². The molecular weight excluding hydrogens is 505 g/mol. The van der Waals surface area contributed by atoms with E-state index in [0.29, 0.717) is 12.1 Å². The van der Waals surface area contributed by atoms with Crippen LogP contribution in [0.3, 0.4) is 0 Å². The normalized spacial score (nSPS) is 12.4. The summed E-state index contributed by atoms with van der Waals surface area (Å²) < 4.78 is 49.6. The molecule has 0 aliphatic carbocycles. The molecule has 3 rings (SSSR count). The molecule has 0 fully saturated rings. The van der Waals surface area contributed by atoms with Crippen LogP contribution in [0.5, 0.6) is 11.6 Å². The lowest BCUT2D eigenvalue weighted by atomic mass is 10.2. The van der Waals surface area contributed by atoms with Crippen LogP contribution in [0.2, 0.25) is 0 Å². The molecule has 1 atom stereocenters. The summed E-state index contributed by atoms with van der Waals surface area (Å²) in [5.41, 5.74) is 0.181. The van der Waals surface area contributed by atoms with Gasteiger partial charge in [-0.3, -0.25) is 14.9 Å². The maximum atomic E-state index is 13.6. The van der Waals surface area contributed by atoms with Crippen LogP contribution in [0.25, 0.3) is 5.69 Å². The van der Waals surface area contributed by atoms with E-state index in [2.05, 4.69) is 15.1 Å². The zero-order valence-electron chi connectivity index (χ0n) is 21.0. The number of amides is 1. The first-order chi connectivity index (χ1) is 17.3. The molecule has 0 radical (unpaired) electrons. The number of rotatable bonds is 10. The van der Waals surface area contributed by atoms with E-state index in [1.807, 2.05) is 0 Å². The monoisotopic (exact) mass is 533 g/mol. The number of hydrogen-bond donors (Lipinski definition) is 2. The lowest BCUT2D eigenvalue weighted by Crippen LogP contribution is -2.32. The molecule has 1 aromatic heterocycles. The summed E-state index contributed by atoms with van der Waals surface area (Å²) in [7, 11) is -4.24. The Balaban J connectivity index is 2.20. The second kappa shape index (κ2) is 11.0. The predicted molar refractivity (Wildman–Crippen MR) is 134 cm³/mol. The molecular formula is C24H28FN5O6S. The topological polar surface area (TPSA) is 145 Å². The number of non-ortho nitro benzene ring substituents is 1. The summed E-state index contributed by atoms with van der Waals surface area (Å²) in [6.07, 6.45) is 0.481. The number of carbonyl (C=O) groups excluding carboxylic acids is 1. The number of nitrogens with zero attached hydrogens (tertiary/aromatic N) is 3. The van der Waals surface area contributed by atoms with Crippen LogP contribution in [0.1, 0.15) is 50.2 Å². The molecule has 0 bridgehead atoms. The number of nitro benzene ring substituents is 1. The lowest BCUT2D eigenvalue weighted by Gasteiger charge is -2.16. The van der Waals surface area contributed by atoms with Crippen molar-refractivity contribution in [3.63, 3.8) is 0 Å². The van der Waals surface area contributed by atoms with E-state index in [1.54, 1.807) is 34.6 Å². The Bertz CT molecular complexity index is 1420. The molecule has 198 valence electrons. The van der Waals surface area contributed by atoms with Gasteiger partial charge in [-0.05, 0) is 64.4 Å². The molecule has 2 aromatic carbocycles. The van der Waals surface area contributed by atoms with Gasteiger partial charge in [0.15, 0.2) is 5.69 Å². The first-order valence-corrected chi connectivity index (χ1v) is 13.0. The third-order valence-corrected chi connectivity index (χ3v) is 6.99. The minimum atomic E-state index is -4.24. The van der Waals surface area contributed by atoms with Crippen LogP contribution >= 0.6 is 0 Å². The second-order valence-corrected chi connectivity index (χ2v) is 10.4. The first kappa shape index (κ1) is 27.7. The van der Waals surface area contributed by atoms with Gasteiger partial charge < -0.3 is 10.1 Å². The van der Waals surface area contributed by atoms with Gasteiger partial charge in [0.1, 0.15) is 16.5 Å². The number of aromatic nitrogens is 2. The van der Waals surface area contributed by atoms with E-state index in [-0.39, 0.29) is 28.9 Å². The van der Waals surface area contributed by atoms with Gasteiger partial charge in [-0.25, -0.2) is 17.5 Å². The molecule has 1 amide bonds. The molecule has 0 spiro atoms. The van der Waals surface area contributed by atoms with Gasteiger partial charge in [-0.2, -0.15) is 9.78 Å². The minimum Gasteiger partial charge on any atom is -0.437 e. The summed E-state index contributed by atoms with van der Waals surface area (Å²) in [5.74, 6) is -1.22. The number of carbonyl (C=O) groups is 1. The van der Waals surface area contributed by atoms with Gasteiger partial charge in [0.05, 0.1) is 10.6 Å². The second-order valence-electron chi connectivity index (χ2n) is 8.72. The molecule has 2 N–H and O–H groups in total. The molecule has 11 nitrogen and oxygen atoms in total. The highest BCUT2D eigenvalue weighted by Gasteiger charge is 2.28. The Labute approximate surface area is 213 Å². The van der Waals surface area contributed by atoms with Crippen molar-refractivity contribution in [3.8, 4) is 17.3 Å². The number of halogens is 1. The number of benzene rings is 2. The Morgan fingerprint density at radius 1 is 1.19 bits per heavy atom. The predicted octanol–water partition coefficient (Wildman–Crippen LogP) is 4.24. The molecule has 0 saturated carbocycles. The van der Waals surface area contributed by atoms with E-state index in [9.17, 15) is 27.7 Å². The number of sulfonamides is 1. The Morgan fingerprint density at radius 2 is 1.84 bits per heavy atom. The van der Waals surface area contributed by atoms with Gasteiger partial charge in [-0.1, -0.05) is 6.92 Å². The Morgan fingerprint density at radius 3 is 2.41 bits per heavy atom. The van der Waals surface area contributed by atoms with Crippen molar-refractivity contribution in [2.75, 3.05) is 0 Å². The molecule has 0 unspecified atom stereocenters. The van der Waals surface area contributed by atoms with Gasteiger partial charge >= 0.3 is 0 Å². The highest BCUT2D eigenvalue weighted by atomic mass is 32.2. The van der Waals surface area contributed by atoms with Crippen molar-refractivity contribution in [1.29, 1.82) is 0 Å². The first-order valence-electron chi connectivity index (χ1n) is 11.5. The summed E-state index contributed by atoms with van der Waals surface area (Å²) in [5, 5.41) is 18.5. The molecule has 1 heterocycles. The number of nitro groups is 1. The Hall–Kier alpha value is -3.84. The standard InChI is InChI=1S/C24H28FN5O6S/c1-6-15(4)28-37(34,35)21-13-19(30(32)33)11-12-20(21)36-24-16(5)22(23(31)26-14(2)3)27-29(24)18-9-7-17(25)8-10-18/h7-15,28H,6H2,1-5H3,(H,26,31)/t15-/m1/s1. The third kappa shape index (κ3) is 6.30. The van der Waals surface area contributed by atoms with E-state index in [1.165, 1.54) is 35.0 Å². The van der Waals surface area contributed by atoms with Crippen LogP contribution in [0.15, 0.2) is 47.4 Å². The van der Waals surface area contributed by atoms with Gasteiger partial charge in [-0.15, -0.1) is 0 Å². The highest BCUT2D eigenvalue weighted by molar-refractivity contribution is 7.89. The van der Waals surface area contributed by atoms with Crippen LogP contribution in [-0.4, -0.2) is 41.1 Å². The average Bonchev–Trinajstić information content (AvgIpc) is 3.14. The molecule has 0 aliphatic rings. The number of ether oxygens (including phenoxy) is 1. The van der Waals surface area contributed by atoms with E-state index in [0.717, 1.165) is 12.1 Å². The largest absolute Gasteiger partial charge is 0.437 e. The fraction of sp³-hybridized carbons (Fsp3) is 0.333. The van der Waals surface area contributed by atoms with Crippen molar-refractivity contribution in [2.45, 2.75) is 58.0 Å². The van der Waals surface area contributed by atoms with Crippen molar-refractivity contribution in [1.82, 2.24) is 19.8 Å². The number of nitrogens with one attached hydrogen (secondary N) is 2. The maximum Gasteiger partial charge on any atom is 0.272 e. The van der Waals surface area contributed by atoms with Crippen molar-refractivity contribution < 1.29 is 27.3 Å². The van der Waals surface area contributed by atoms with E-state index in [4.69, 9.17) is 4.74 Å². The smallest absolute Gasteiger partial charge is 0.272 e. The zero-order chi connectivity index (χ0) is 27.5. The zero-order valence-corrected chi connectivity index (χ0v) is 21.8. The van der Waals surface area contributed by atoms with Gasteiger partial charge in [0.25, 0.3) is 11.6 Å². The van der Waals surface area contributed by atoms with Crippen molar-refractivity contribution >= 4 is 21.6 Å². The van der Waals surface area contributed by atoms with Crippen LogP contribution in [0.4, 0.5) is 10.1 Å². The lowest BCUT2D eigenvalue weighted by molar-refractivity contribution is -0.385. The van der Waals surface area contributed by atoms with Crippen LogP contribution in [-0.2, 0) is 10.0 Å². The molecule has 0 aliphatic heterocycles. The molecule has 37 heavy (non-hydrogen) atoms. The Kier molecular flexibility index (Phi) is 8.28. The fourth-order valence-corrected chi connectivity index (χ4v) is 4.80. The van der Waals surface area contributed by atoms with Crippen LogP contribution in [0, 0.1) is 22.9 Å². The van der Waals surface area contributed by atoms with Crippen molar-refractivity contribution in [3.05, 3.63) is 69.7 Å². The summed E-state index contributed by atoms with van der Waals surface area (Å²) in [6, 6.07) is 7.76. The van der Waals surface area contributed by atoms with Gasteiger partial charge in [0, 0.05) is 29.8 Å². The van der Waals surface area contributed by atoms with Gasteiger partial charge in [0.2, 0.25) is 15.9 Å². The average molecular weight is 534 g/mol. The summed E-state index contributed by atoms with van der Waals surface area (Å²) in [6.45, 7) is 8.56. The minimum absolute atomic E-state index is 0.0112. The summed E-state index contributed by atoms with van der Waals surface area (Å²) >= 11 is 0. The quantitative estimate of drug-likeness (QED) is 0.293.